The maximum absolute atomic E-state index is 5.23. The summed E-state index contributed by atoms with van der Waals surface area (Å²) < 4.78 is 0. The van der Waals surface area contributed by atoms with Gasteiger partial charge in [0.25, 0.3) is 0 Å². The highest BCUT2D eigenvalue weighted by atomic mass is 14.9. The molecule has 0 heterocycles. The third-order valence-electron chi connectivity index (χ3n) is 1.58. The minimum atomic E-state index is 0.643. The lowest BCUT2D eigenvalue weighted by atomic mass is 10.1. The summed E-state index contributed by atoms with van der Waals surface area (Å²) in [5.41, 5.74) is 0. The van der Waals surface area contributed by atoms with Gasteiger partial charge in [-0.25, -0.2) is 0 Å². The van der Waals surface area contributed by atoms with Crippen LogP contribution >= 0.6 is 0 Å². The smallest absolute Gasteiger partial charge is 0.00643 e. The monoisotopic (exact) mass is 126 g/mol. The SMILES string of the molecule is [CH]=CCCC(CC)NC. The average molecular weight is 126 g/mol. The molecule has 0 spiro atoms. The Kier molecular flexibility index (Phi) is 5.64. The molecular formula is C8H16N. The molecule has 1 atom stereocenters. The Morgan fingerprint density at radius 3 is 2.67 bits per heavy atom. The molecule has 53 valence electrons. The van der Waals surface area contributed by atoms with Crippen LogP contribution in [-0.4, -0.2) is 13.1 Å². The van der Waals surface area contributed by atoms with Crippen molar-refractivity contribution in [3.05, 3.63) is 12.7 Å². The van der Waals surface area contributed by atoms with Crippen molar-refractivity contribution in [2.45, 2.75) is 32.2 Å². The van der Waals surface area contributed by atoms with E-state index in [-0.39, 0.29) is 0 Å². The van der Waals surface area contributed by atoms with Crippen LogP contribution < -0.4 is 5.32 Å². The average Bonchev–Trinajstić information content (AvgIpc) is 1.91. The van der Waals surface area contributed by atoms with Gasteiger partial charge < -0.3 is 5.32 Å². The highest BCUT2D eigenvalue weighted by Gasteiger charge is 1.98. The number of allylic oxidation sites excluding steroid dienone is 1. The normalized spacial score (nSPS) is 13.1. The van der Waals surface area contributed by atoms with Crippen LogP contribution in [0, 0.1) is 6.58 Å². The fraction of sp³-hybridized carbons (Fsp3) is 0.750. The Hall–Kier alpha value is -0.300. The molecule has 0 rings (SSSR count). The van der Waals surface area contributed by atoms with Gasteiger partial charge in [0, 0.05) is 6.04 Å². The van der Waals surface area contributed by atoms with Gasteiger partial charge in [-0.05, 0) is 26.3 Å². The zero-order valence-corrected chi connectivity index (χ0v) is 6.35. The first-order valence-corrected chi connectivity index (χ1v) is 3.55. The lowest BCUT2D eigenvalue weighted by Gasteiger charge is -2.10. The van der Waals surface area contributed by atoms with E-state index in [2.05, 4.69) is 12.2 Å². The molecule has 1 N–H and O–H groups in total. The second-order valence-corrected chi connectivity index (χ2v) is 2.21. The molecular weight excluding hydrogens is 110 g/mol. The highest BCUT2D eigenvalue weighted by molar-refractivity contribution is 4.69. The van der Waals surface area contributed by atoms with Crippen molar-refractivity contribution in [3.63, 3.8) is 0 Å². The fourth-order valence-electron chi connectivity index (χ4n) is 0.850. The molecule has 0 bridgehead atoms. The Morgan fingerprint density at radius 1 is 1.67 bits per heavy atom. The molecule has 9 heavy (non-hydrogen) atoms. The molecule has 0 aliphatic carbocycles. The highest BCUT2D eigenvalue weighted by Crippen LogP contribution is 1.99. The topological polar surface area (TPSA) is 12.0 Å². The van der Waals surface area contributed by atoms with Gasteiger partial charge in [0.05, 0.1) is 0 Å². The van der Waals surface area contributed by atoms with Crippen molar-refractivity contribution in [2.24, 2.45) is 0 Å². The fourth-order valence-corrected chi connectivity index (χ4v) is 0.850. The van der Waals surface area contributed by atoms with Crippen LogP contribution in [0.1, 0.15) is 26.2 Å². The summed E-state index contributed by atoms with van der Waals surface area (Å²) in [5, 5.41) is 3.21. The molecule has 0 aromatic heterocycles. The minimum absolute atomic E-state index is 0.643. The quantitative estimate of drug-likeness (QED) is 0.592. The van der Waals surface area contributed by atoms with Gasteiger partial charge in [-0.2, -0.15) is 0 Å². The number of hydrogen-bond acceptors (Lipinski definition) is 1. The van der Waals surface area contributed by atoms with Crippen LogP contribution in [-0.2, 0) is 0 Å². The number of hydrogen-bond donors (Lipinski definition) is 1. The second kappa shape index (κ2) is 5.83. The first-order valence-electron chi connectivity index (χ1n) is 3.55. The summed E-state index contributed by atoms with van der Waals surface area (Å²) in [7, 11) is 1.99. The summed E-state index contributed by atoms with van der Waals surface area (Å²) in [6.45, 7) is 7.41. The maximum atomic E-state index is 5.23. The van der Waals surface area contributed by atoms with Gasteiger partial charge in [0.1, 0.15) is 0 Å². The van der Waals surface area contributed by atoms with Crippen LogP contribution in [0.15, 0.2) is 6.08 Å². The molecule has 0 saturated carbocycles. The zero-order chi connectivity index (χ0) is 7.11. The van der Waals surface area contributed by atoms with Crippen LogP contribution in [0.3, 0.4) is 0 Å². The molecule has 1 heteroatoms. The number of rotatable bonds is 5. The van der Waals surface area contributed by atoms with Crippen LogP contribution in [0.2, 0.25) is 0 Å². The Labute approximate surface area is 58.2 Å². The summed E-state index contributed by atoms with van der Waals surface area (Å²) in [6.07, 6.45) is 5.08. The molecule has 0 aliphatic rings. The Morgan fingerprint density at radius 2 is 2.33 bits per heavy atom. The molecule has 0 fully saturated rings. The minimum Gasteiger partial charge on any atom is -0.317 e. The lowest BCUT2D eigenvalue weighted by Crippen LogP contribution is -2.23. The van der Waals surface area contributed by atoms with E-state index in [9.17, 15) is 0 Å². The Bertz CT molecular complexity index is 65.0. The van der Waals surface area contributed by atoms with Crippen molar-refractivity contribution in [1.29, 1.82) is 0 Å². The van der Waals surface area contributed by atoms with Gasteiger partial charge in [0.2, 0.25) is 0 Å². The summed E-state index contributed by atoms with van der Waals surface area (Å²) in [5.74, 6) is 0. The van der Waals surface area contributed by atoms with E-state index in [1.54, 1.807) is 6.08 Å². The number of nitrogens with one attached hydrogen (secondary N) is 1. The third kappa shape index (κ3) is 4.22. The van der Waals surface area contributed by atoms with Gasteiger partial charge >= 0.3 is 0 Å². The van der Waals surface area contributed by atoms with Crippen molar-refractivity contribution in [2.75, 3.05) is 7.05 Å². The van der Waals surface area contributed by atoms with Crippen molar-refractivity contribution in [1.82, 2.24) is 5.32 Å². The molecule has 1 radical (unpaired) electrons. The molecule has 0 aliphatic heterocycles. The third-order valence-corrected chi connectivity index (χ3v) is 1.58. The largest absolute Gasteiger partial charge is 0.317 e. The van der Waals surface area contributed by atoms with E-state index in [1.165, 1.54) is 6.42 Å². The van der Waals surface area contributed by atoms with E-state index < -0.39 is 0 Å². The van der Waals surface area contributed by atoms with Gasteiger partial charge in [-0.15, -0.1) is 0 Å². The molecule has 0 amide bonds. The lowest BCUT2D eigenvalue weighted by molar-refractivity contribution is 0.513. The second-order valence-electron chi connectivity index (χ2n) is 2.21. The molecule has 0 aromatic carbocycles. The zero-order valence-electron chi connectivity index (χ0n) is 6.35. The van der Waals surface area contributed by atoms with E-state index in [0.717, 1.165) is 12.8 Å². The molecule has 0 aromatic rings. The van der Waals surface area contributed by atoms with E-state index in [1.807, 2.05) is 7.05 Å². The van der Waals surface area contributed by atoms with Crippen LogP contribution in [0.4, 0.5) is 0 Å². The molecule has 1 nitrogen and oxygen atoms in total. The van der Waals surface area contributed by atoms with E-state index >= 15 is 0 Å². The first kappa shape index (κ1) is 8.70. The predicted octanol–water partition coefficient (Wildman–Crippen LogP) is 1.75. The molecule has 1 unspecified atom stereocenters. The van der Waals surface area contributed by atoms with Crippen LogP contribution in [0.25, 0.3) is 0 Å². The maximum Gasteiger partial charge on any atom is 0.00643 e. The van der Waals surface area contributed by atoms with E-state index in [4.69, 9.17) is 6.58 Å². The van der Waals surface area contributed by atoms with Gasteiger partial charge in [-0.1, -0.05) is 19.6 Å². The van der Waals surface area contributed by atoms with Crippen molar-refractivity contribution >= 4 is 0 Å². The summed E-state index contributed by atoms with van der Waals surface area (Å²) >= 11 is 0. The van der Waals surface area contributed by atoms with Crippen molar-refractivity contribution in [3.8, 4) is 0 Å². The van der Waals surface area contributed by atoms with Crippen molar-refractivity contribution < 1.29 is 0 Å². The summed E-state index contributed by atoms with van der Waals surface area (Å²) in [4.78, 5) is 0. The van der Waals surface area contributed by atoms with Gasteiger partial charge in [0.15, 0.2) is 0 Å². The van der Waals surface area contributed by atoms with Crippen LogP contribution in [0.5, 0.6) is 0 Å². The van der Waals surface area contributed by atoms with E-state index in [0.29, 0.717) is 6.04 Å². The standard InChI is InChI=1S/C8H16N/c1-4-6-7-8(5-2)9-3/h1,4,8-9H,5-7H2,2-3H3. The molecule has 0 saturated heterocycles. The predicted molar refractivity (Wildman–Crippen MR) is 41.2 cm³/mol. The summed E-state index contributed by atoms with van der Waals surface area (Å²) in [6, 6.07) is 0.643. The first-order chi connectivity index (χ1) is 4.35. The Balaban J connectivity index is 3.19. The van der Waals surface area contributed by atoms with Gasteiger partial charge in [-0.3, -0.25) is 0 Å².